The van der Waals surface area contributed by atoms with Gasteiger partial charge in [-0.15, -0.1) is 0 Å². The molecule has 4 aromatic rings. The summed E-state index contributed by atoms with van der Waals surface area (Å²) in [6, 6.07) is 26.4. The van der Waals surface area contributed by atoms with Crippen molar-refractivity contribution >= 4 is 34.3 Å². The molecule has 0 N–H and O–H groups in total. The van der Waals surface area contributed by atoms with Crippen LogP contribution in [0.2, 0.25) is 0 Å². The van der Waals surface area contributed by atoms with Gasteiger partial charge in [-0.2, -0.15) is 0 Å². The molecule has 0 saturated carbocycles. The third-order valence-electron chi connectivity index (χ3n) is 8.55. The molecule has 4 aromatic carbocycles. The highest BCUT2D eigenvalue weighted by atomic mass is 16.6. The quantitative estimate of drug-likeness (QED) is 0.127. The van der Waals surface area contributed by atoms with Crippen LogP contribution in [0, 0.1) is 0 Å². The third kappa shape index (κ3) is 6.58. The topological polar surface area (TPSA) is 83.5 Å². The molecular formula is C38H39NO7. The lowest BCUT2D eigenvalue weighted by atomic mass is 9.83. The first-order valence-electron chi connectivity index (χ1n) is 15.8. The van der Waals surface area contributed by atoms with Gasteiger partial charge in [-0.3, -0.25) is 9.59 Å². The van der Waals surface area contributed by atoms with Gasteiger partial charge in [-0.1, -0.05) is 55.5 Å². The highest BCUT2D eigenvalue weighted by Gasteiger charge is 2.38. The number of benzene rings is 4. The van der Waals surface area contributed by atoms with E-state index in [0.717, 1.165) is 52.4 Å². The summed E-state index contributed by atoms with van der Waals surface area (Å²) < 4.78 is 29.3. The first-order valence-corrected chi connectivity index (χ1v) is 15.8. The van der Waals surface area contributed by atoms with Crippen molar-refractivity contribution < 1.29 is 33.3 Å². The predicted molar refractivity (Wildman–Crippen MR) is 178 cm³/mol. The van der Waals surface area contributed by atoms with E-state index >= 15 is 0 Å². The molecule has 6 rings (SSSR count). The molecule has 2 aliphatic rings. The molecule has 0 radical (unpaired) electrons. The fraction of sp³-hybridized carbons (Fsp3) is 0.316. The van der Waals surface area contributed by atoms with Crippen LogP contribution >= 0.6 is 0 Å². The van der Waals surface area contributed by atoms with E-state index < -0.39 is 11.6 Å². The minimum Gasteiger partial charge on any atom is -0.497 e. The monoisotopic (exact) mass is 621 g/mol. The number of anilines is 1. The fourth-order valence-electron chi connectivity index (χ4n) is 6.00. The number of morpholine rings is 1. The Morgan fingerprint density at radius 3 is 2.20 bits per heavy atom. The summed E-state index contributed by atoms with van der Waals surface area (Å²) >= 11 is 0. The Hall–Kier alpha value is -4.82. The molecule has 238 valence electrons. The summed E-state index contributed by atoms with van der Waals surface area (Å²) in [4.78, 5) is 25.7. The molecule has 0 aliphatic carbocycles. The van der Waals surface area contributed by atoms with Crippen molar-refractivity contribution in [1.82, 2.24) is 0 Å². The Morgan fingerprint density at radius 1 is 0.848 bits per heavy atom. The summed E-state index contributed by atoms with van der Waals surface area (Å²) in [6.07, 6.45) is 5.01. The van der Waals surface area contributed by atoms with E-state index in [0.29, 0.717) is 25.4 Å². The molecule has 2 aliphatic heterocycles. The van der Waals surface area contributed by atoms with E-state index in [1.54, 1.807) is 14.0 Å². The zero-order valence-electron chi connectivity index (χ0n) is 26.3. The Kier molecular flexibility index (Phi) is 9.54. The molecule has 1 atom stereocenters. The number of ether oxygens (including phenoxy) is 5. The van der Waals surface area contributed by atoms with Crippen molar-refractivity contribution in [2.24, 2.45) is 0 Å². The standard InChI is InChI=1S/C38H39NO7/c1-3-29(40)12-17-37(41)45-25-24-44-31-15-10-28(11-16-31)38(27-8-13-30(42-2)14-9-27)19-18-34-32-6-4-5-7-33(32)35(26-36(34)46-38)39-20-22-43-23-21-39/h4-11,13-16,18-19,26H,3,12,17,20-25H2,1-2H3. The van der Waals surface area contributed by atoms with Crippen LogP contribution in [0.5, 0.6) is 17.2 Å². The summed E-state index contributed by atoms with van der Waals surface area (Å²) in [6.45, 7) is 5.13. The van der Waals surface area contributed by atoms with Gasteiger partial charge >= 0.3 is 5.97 Å². The highest BCUT2D eigenvalue weighted by Crippen LogP contribution is 2.47. The van der Waals surface area contributed by atoms with E-state index in [9.17, 15) is 9.59 Å². The SMILES string of the molecule is CCC(=O)CCC(=O)OCCOc1ccc(C2(c3ccc(OC)cc3)C=Cc3c(cc(N4CCOCC4)c4ccccc34)O2)cc1. The summed E-state index contributed by atoms with van der Waals surface area (Å²) in [5.74, 6) is 1.87. The second-order valence-electron chi connectivity index (χ2n) is 11.3. The molecule has 8 heteroatoms. The number of hydrogen-bond donors (Lipinski definition) is 0. The van der Waals surface area contributed by atoms with E-state index in [1.807, 2.05) is 48.5 Å². The maximum atomic E-state index is 11.9. The van der Waals surface area contributed by atoms with Gasteiger partial charge in [-0.25, -0.2) is 0 Å². The Balaban J connectivity index is 1.27. The van der Waals surface area contributed by atoms with Crippen molar-refractivity contribution in [2.45, 2.75) is 31.8 Å². The lowest BCUT2D eigenvalue weighted by Gasteiger charge is -2.38. The molecule has 0 spiro atoms. The van der Waals surface area contributed by atoms with Crippen LogP contribution in [-0.2, 0) is 24.7 Å². The third-order valence-corrected chi connectivity index (χ3v) is 8.55. The van der Waals surface area contributed by atoms with E-state index in [-0.39, 0.29) is 31.8 Å². The molecule has 2 heterocycles. The van der Waals surface area contributed by atoms with Crippen LogP contribution in [-0.4, -0.2) is 58.4 Å². The van der Waals surface area contributed by atoms with Crippen LogP contribution in [0.3, 0.4) is 0 Å². The second kappa shape index (κ2) is 14.1. The highest BCUT2D eigenvalue weighted by molar-refractivity contribution is 6.02. The van der Waals surface area contributed by atoms with Gasteiger partial charge in [0.05, 0.1) is 26.7 Å². The van der Waals surface area contributed by atoms with Crippen LogP contribution in [0.25, 0.3) is 16.8 Å². The summed E-state index contributed by atoms with van der Waals surface area (Å²) in [5, 5.41) is 2.33. The largest absolute Gasteiger partial charge is 0.497 e. The van der Waals surface area contributed by atoms with Gasteiger partial charge in [0.1, 0.15) is 36.2 Å². The molecule has 0 amide bonds. The number of Topliss-reactive ketones (excluding diaryl/α,β-unsaturated/α-hetero) is 1. The first kappa shape index (κ1) is 31.2. The number of nitrogens with zero attached hydrogens (tertiary/aromatic N) is 1. The maximum Gasteiger partial charge on any atom is 0.306 e. The second-order valence-corrected chi connectivity index (χ2v) is 11.3. The minimum atomic E-state index is -0.909. The number of ketones is 1. The molecule has 1 fully saturated rings. The molecule has 1 unspecified atom stereocenters. The zero-order chi connectivity index (χ0) is 31.9. The lowest BCUT2D eigenvalue weighted by molar-refractivity contribution is -0.145. The summed E-state index contributed by atoms with van der Waals surface area (Å²) in [5.41, 5.74) is 3.16. The van der Waals surface area contributed by atoms with Crippen LogP contribution in [0.1, 0.15) is 42.9 Å². The number of carbonyl (C=O) groups is 2. The van der Waals surface area contributed by atoms with E-state index in [4.69, 9.17) is 23.7 Å². The number of methoxy groups -OCH3 is 1. The number of esters is 1. The normalized spacial score (nSPS) is 17.2. The number of rotatable bonds is 12. The maximum absolute atomic E-state index is 11.9. The predicted octanol–water partition coefficient (Wildman–Crippen LogP) is 6.72. The van der Waals surface area contributed by atoms with Gasteiger partial charge in [0.2, 0.25) is 0 Å². The minimum absolute atomic E-state index is 0.0480. The van der Waals surface area contributed by atoms with Gasteiger partial charge in [0.25, 0.3) is 0 Å². The zero-order valence-corrected chi connectivity index (χ0v) is 26.3. The molecular weight excluding hydrogens is 582 g/mol. The lowest BCUT2D eigenvalue weighted by Crippen LogP contribution is -2.37. The van der Waals surface area contributed by atoms with Crippen molar-refractivity contribution in [2.75, 3.05) is 51.5 Å². The molecule has 46 heavy (non-hydrogen) atoms. The molecule has 8 nitrogen and oxygen atoms in total. The van der Waals surface area contributed by atoms with E-state index in [1.165, 1.54) is 5.39 Å². The van der Waals surface area contributed by atoms with Crippen molar-refractivity contribution in [3.8, 4) is 17.2 Å². The van der Waals surface area contributed by atoms with Crippen molar-refractivity contribution in [1.29, 1.82) is 0 Å². The smallest absolute Gasteiger partial charge is 0.306 e. The van der Waals surface area contributed by atoms with Gasteiger partial charge in [0, 0.05) is 59.8 Å². The Labute approximate surface area is 269 Å². The van der Waals surface area contributed by atoms with Crippen LogP contribution in [0.4, 0.5) is 5.69 Å². The first-order chi connectivity index (χ1) is 22.5. The average Bonchev–Trinajstić information content (AvgIpc) is 3.12. The fourth-order valence-corrected chi connectivity index (χ4v) is 6.00. The average molecular weight is 622 g/mol. The van der Waals surface area contributed by atoms with Crippen LogP contribution in [0.15, 0.2) is 84.9 Å². The van der Waals surface area contributed by atoms with Crippen molar-refractivity contribution in [3.63, 3.8) is 0 Å². The number of carbonyl (C=O) groups excluding carboxylic acids is 2. The Morgan fingerprint density at radius 2 is 1.52 bits per heavy atom. The van der Waals surface area contributed by atoms with Crippen LogP contribution < -0.4 is 19.1 Å². The number of hydrogen-bond acceptors (Lipinski definition) is 8. The van der Waals surface area contributed by atoms with Crippen molar-refractivity contribution in [3.05, 3.63) is 102 Å². The molecule has 0 aromatic heterocycles. The van der Waals surface area contributed by atoms with Gasteiger partial charge < -0.3 is 28.6 Å². The molecule has 0 bridgehead atoms. The van der Waals surface area contributed by atoms with E-state index in [2.05, 4.69) is 47.4 Å². The van der Waals surface area contributed by atoms with Gasteiger partial charge in [-0.05, 0) is 41.8 Å². The number of fused-ring (bicyclic) bond motifs is 3. The summed E-state index contributed by atoms with van der Waals surface area (Å²) in [7, 11) is 1.66. The van der Waals surface area contributed by atoms with Gasteiger partial charge in [0.15, 0.2) is 5.60 Å². The molecule has 1 saturated heterocycles. The Bertz CT molecular complexity index is 1710.